The number of carbonyl (C=O) groups is 3. The first-order valence-electron chi connectivity index (χ1n) is 13.4. The van der Waals surface area contributed by atoms with Crippen LogP contribution in [0, 0.1) is 5.82 Å². The number of halogens is 1. The number of nitrogens with zero attached hydrogens (tertiary/aromatic N) is 1. The molecule has 0 aliphatic carbocycles. The van der Waals surface area contributed by atoms with Crippen molar-refractivity contribution >= 4 is 67.9 Å². The number of rotatable bonds is 10. The number of thiazole rings is 1. The van der Waals surface area contributed by atoms with E-state index in [1.165, 1.54) is 47.4 Å². The molecule has 222 valence electrons. The van der Waals surface area contributed by atoms with E-state index >= 15 is 0 Å². The second kappa shape index (κ2) is 14.0. The molecule has 1 heterocycles. The van der Waals surface area contributed by atoms with Gasteiger partial charge in [0, 0.05) is 21.7 Å². The highest BCUT2D eigenvalue weighted by atomic mass is 32.2. The summed E-state index contributed by atoms with van der Waals surface area (Å²) in [5.41, 5.74) is 1.60. The van der Waals surface area contributed by atoms with Crippen molar-refractivity contribution in [2.45, 2.75) is 17.1 Å². The molecule has 0 aliphatic heterocycles. The van der Waals surface area contributed by atoms with E-state index in [4.69, 9.17) is 4.74 Å². The maximum Gasteiger partial charge on any atom is 0.272 e. The summed E-state index contributed by atoms with van der Waals surface area (Å²) < 4.78 is 20.5. The minimum absolute atomic E-state index is 0.124. The van der Waals surface area contributed by atoms with Gasteiger partial charge in [0.2, 0.25) is 5.91 Å². The van der Waals surface area contributed by atoms with Crippen LogP contribution in [-0.2, 0) is 9.59 Å². The summed E-state index contributed by atoms with van der Waals surface area (Å²) in [6.45, 7) is 1.79. The molecule has 0 saturated carbocycles. The lowest BCUT2D eigenvalue weighted by Gasteiger charge is -2.13. The van der Waals surface area contributed by atoms with Gasteiger partial charge in [-0.25, -0.2) is 9.37 Å². The lowest BCUT2D eigenvalue weighted by atomic mass is 10.1. The first-order chi connectivity index (χ1) is 21.3. The van der Waals surface area contributed by atoms with Crippen LogP contribution in [-0.4, -0.2) is 35.1 Å². The number of fused-ring (bicyclic) bond motifs is 1. The van der Waals surface area contributed by atoms with Gasteiger partial charge in [-0.1, -0.05) is 47.7 Å². The molecule has 0 aliphatic rings. The van der Waals surface area contributed by atoms with Crippen LogP contribution in [0.15, 0.2) is 108 Å². The number of aromatic nitrogens is 1. The van der Waals surface area contributed by atoms with Gasteiger partial charge in [-0.05, 0) is 73.7 Å². The van der Waals surface area contributed by atoms with Crippen LogP contribution in [0.5, 0.6) is 5.75 Å². The van der Waals surface area contributed by atoms with Crippen molar-refractivity contribution in [2.75, 3.05) is 17.7 Å². The molecule has 8 nitrogen and oxygen atoms in total. The van der Waals surface area contributed by atoms with Crippen molar-refractivity contribution in [1.82, 2.24) is 10.3 Å². The predicted molar refractivity (Wildman–Crippen MR) is 173 cm³/mol. The number of anilines is 2. The minimum atomic E-state index is -0.626. The third kappa shape index (κ3) is 7.68. The number of hydrogen-bond donors (Lipinski definition) is 3. The Kier molecular flexibility index (Phi) is 9.68. The molecule has 3 amide bonds. The topological polar surface area (TPSA) is 109 Å². The summed E-state index contributed by atoms with van der Waals surface area (Å²) in [6.07, 6.45) is 1.29. The number of thioether (sulfide) groups is 1. The van der Waals surface area contributed by atoms with E-state index in [0.717, 1.165) is 20.9 Å². The second-order valence-electron chi connectivity index (χ2n) is 9.48. The molecular weight excluding hydrogens is 600 g/mol. The van der Waals surface area contributed by atoms with Crippen molar-refractivity contribution in [2.24, 2.45) is 0 Å². The molecule has 3 N–H and O–H groups in total. The highest BCUT2D eigenvalue weighted by molar-refractivity contribution is 8.00. The lowest BCUT2D eigenvalue weighted by Crippen LogP contribution is -2.30. The predicted octanol–water partition coefficient (Wildman–Crippen LogP) is 6.97. The number of benzene rings is 4. The SMILES string of the molecule is COc1ccc2nc(NC(=O)C(C)Sc3ccc(NC(=O)/C(=C/c4ccccc4F)NC(=O)c4ccccc4)cc3)sc2c1. The standard InChI is InChI=1S/C33H27FN4O4S2/c1-20(30(39)38-33-37-27-17-14-24(42-2)19-29(27)44-33)43-25-15-12-23(13-16-25)35-32(41)28(18-22-10-6-7-11-26(22)34)36-31(40)21-8-4-3-5-9-21/h3-20H,1-2H3,(H,35,41)(H,36,40)(H,37,38,39)/b28-18-. The van der Waals surface area contributed by atoms with E-state index < -0.39 is 22.9 Å². The molecular formula is C33H27FN4O4S2. The van der Waals surface area contributed by atoms with Gasteiger partial charge >= 0.3 is 0 Å². The van der Waals surface area contributed by atoms with Crippen LogP contribution < -0.4 is 20.7 Å². The number of ether oxygens (including phenoxy) is 1. The second-order valence-corrected chi connectivity index (χ2v) is 11.9. The Morgan fingerprint density at radius 3 is 2.39 bits per heavy atom. The van der Waals surface area contributed by atoms with Gasteiger partial charge in [0.1, 0.15) is 17.3 Å². The van der Waals surface area contributed by atoms with Gasteiger partial charge in [0.25, 0.3) is 11.8 Å². The maximum atomic E-state index is 14.4. The zero-order chi connectivity index (χ0) is 31.1. The van der Waals surface area contributed by atoms with Crippen molar-refractivity contribution < 1.29 is 23.5 Å². The molecule has 44 heavy (non-hydrogen) atoms. The molecule has 1 atom stereocenters. The van der Waals surface area contributed by atoms with Crippen LogP contribution in [0.25, 0.3) is 16.3 Å². The molecule has 0 fully saturated rings. The Morgan fingerprint density at radius 1 is 0.932 bits per heavy atom. The fourth-order valence-electron chi connectivity index (χ4n) is 4.06. The van der Waals surface area contributed by atoms with Gasteiger partial charge in [-0.2, -0.15) is 0 Å². The van der Waals surface area contributed by atoms with Gasteiger partial charge in [-0.3, -0.25) is 14.4 Å². The highest BCUT2D eigenvalue weighted by Gasteiger charge is 2.18. The zero-order valence-corrected chi connectivity index (χ0v) is 25.3. The number of carbonyl (C=O) groups excluding carboxylic acids is 3. The largest absolute Gasteiger partial charge is 0.497 e. The fourth-order valence-corrected chi connectivity index (χ4v) is 5.82. The van der Waals surface area contributed by atoms with Gasteiger partial charge in [0.15, 0.2) is 5.13 Å². The Hall–Kier alpha value is -5.00. The van der Waals surface area contributed by atoms with Crippen LogP contribution in [0.1, 0.15) is 22.8 Å². The summed E-state index contributed by atoms with van der Waals surface area (Å²) in [4.78, 5) is 44.2. The van der Waals surface area contributed by atoms with Gasteiger partial charge in [-0.15, -0.1) is 11.8 Å². The van der Waals surface area contributed by atoms with Crippen LogP contribution in [0.2, 0.25) is 0 Å². The van der Waals surface area contributed by atoms with Crippen LogP contribution in [0.3, 0.4) is 0 Å². The Labute approximate surface area is 261 Å². The minimum Gasteiger partial charge on any atom is -0.497 e. The van der Waals surface area contributed by atoms with Crippen molar-refractivity contribution in [1.29, 1.82) is 0 Å². The first-order valence-corrected chi connectivity index (χ1v) is 15.1. The van der Waals surface area contributed by atoms with Gasteiger partial charge in [0.05, 0.1) is 22.6 Å². The fraction of sp³-hybridized carbons (Fsp3) is 0.0909. The van der Waals surface area contributed by atoms with Crippen molar-refractivity contribution in [3.05, 3.63) is 120 Å². The molecule has 0 saturated heterocycles. The number of hydrogen-bond acceptors (Lipinski definition) is 7. The average molecular weight is 627 g/mol. The highest BCUT2D eigenvalue weighted by Crippen LogP contribution is 2.31. The van der Waals surface area contributed by atoms with E-state index in [-0.39, 0.29) is 17.2 Å². The van der Waals surface area contributed by atoms with E-state index in [9.17, 15) is 18.8 Å². The monoisotopic (exact) mass is 626 g/mol. The molecule has 0 radical (unpaired) electrons. The molecule has 1 aromatic heterocycles. The summed E-state index contributed by atoms with van der Waals surface area (Å²) in [6, 6.07) is 26.8. The average Bonchev–Trinajstić information content (AvgIpc) is 3.44. The summed E-state index contributed by atoms with van der Waals surface area (Å²) in [5.74, 6) is -1.14. The number of methoxy groups -OCH3 is 1. The van der Waals surface area contributed by atoms with Crippen LogP contribution >= 0.6 is 23.1 Å². The Balaban J connectivity index is 1.23. The number of nitrogens with one attached hydrogen (secondary N) is 3. The Morgan fingerprint density at radius 2 is 1.66 bits per heavy atom. The lowest BCUT2D eigenvalue weighted by molar-refractivity contribution is -0.115. The molecule has 5 rings (SSSR count). The number of amides is 3. The molecule has 4 aromatic carbocycles. The third-order valence-electron chi connectivity index (χ3n) is 6.35. The normalized spacial score (nSPS) is 11.9. The first kappa shape index (κ1) is 30.5. The molecule has 5 aromatic rings. The summed E-state index contributed by atoms with van der Waals surface area (Å²) in [5, 5.41) is 8.29. The third-order valence-corrected chi connectivity index (χ3v) is 8.40. The zero-order valence-electron chi connectivity index (χ0n) is 23.7. The smallest absolute Gasteiger partial charge is 0.272 e. The molecule has 11 heteroatoms. The van der Waals surface area contributed by atoms with Crippen LogP contribution in [0.4, 0.5) is 15.2 Å². The van der Waals surface area contributed by atoms with Gasteiger partial charge < -0.3 is 20.7 Å². The van der Waals surface area contributed by atoms with Crippen molar-refractivity contribution in [3.63, 3.8) is 0 Å². The summed E-state index contributed by atoms with van der Waals surface area (Å²) in [7, 11) is 1.60. The van der Waals surface area contributed by atoms with Crippen molar-refractivity contribution in [3.8, 4) is 5.75 Å². The van der Waals surface area contributed by atoms with E-state index in [2.05, 4.69) is 20.9 Å². The quantitative estimate of drug-likeness (QED) is 0.114. The van der Waals surface area contributed by atoms with E-state index in [1.54, 1.807) is 74.7 Å². The Bertz CT molecular complexity index is 1840. The maximum absolute atomic E-state index is 14.4. The van der Waals surface area contributed by atoms with E-state index in [0.29, 0.717) is 16.4 Å². The molecule has 1 unspecified atom stereocenters. The molecule has 0 spiro atoms. The summed E-state index contributed by atoms with van der Waals surface area (Å²) >= 11 is 2.72. The van der Waals surface area contributed by atoms with E-state index in [1.807, 2.05) is 18.2 Å². The molecule has 0 bridgehead atoms.